The summed E-state index contributed by atoms with van der Waals surface area (Å²) in [6.07, 6.45) is 7.45. The largest absolute Gasteiger partial charge is 0.348 e. The van der Waals surface area contributed by atoms with Crippen LogP contribution in [0.2, 0.25) is 0 Å². The maximum atomic E-state index is 13.5. The van der Waals surface area contributed by atoms with Gasteiger partial charge in [-0.1, -0.05) is 44.4 Å². The summed E-state index contributed by atoms with van der Waals surface area (Å²) in [5.41, 5.74) is 2.55. The van der Waals surface area contributed by atoms with Gasteiger partial charge in [0.15, 0.2) is 11.6 Å². The molecule has 152 valence electrons. The Bertz CT molecular complexity index is 967. The molecule has 1 N–H and O–H groups in total. The first-order valence-electron chi connectivity index (χ1n) is 9.88. The van der Waals surface area contributed by atoms with E-state index in [1.54, 1.807) is 23.0 Å². The third-order valence-electron chi connectivity index (χ3n) is 4.89. The van der Waals surface area contributed by atoms with E-state index in [1.165, 1.54) is 18.3 Å². The zero-order chi connectivity index (χ0) is 20.8. The molecule has 0 saturated heterocycles. The molecule has 0 saturated carbocycles. The molecule has 1 atom stereocenters. The molecule has 3 rings (SSSR count). The van der Waals surface area contributed by atoms with Crippen molar-refractivity contribution in [2.24, 2.45) is 0 Å². The molecule has 2 aromatic carbocycles. The number of nitrogens with zero attached hydrogens (tertiary/aromatic N) is 2. The van der Waals surface area contributed by atoms with Gasteiger partial charge in [-0.3, -0.25) is 9.36 Å². The summed E-state index contributed by atoms with van der Waals surface area (Å²) in [5, 5.41) is 3.02. The average molecular weight is 397 g/mol. The normalized spacial score (nSPS) is 12.0. The Morgan fingerprint density at radius 3 is 2.48 bits per heavy atom. The topological polar surface area (TPSA) is 46.9 Å². The molecule has 0 unspecified atom stereocenters. The lowest BCUT2D eigenvalue weighted by Gasteiger charge is -2.15. The second kappa shape index (κ2) is 9.45. The van der Waals surface area contributed by atoms with Crippen LogP contribution in [0.25, 0.3) is 16.8 Å². The average Bonchev–Trinajstić information content (AvgIpc) is 3.20. The first kappa shape index (κ1) is 20.7. The van der Waals surface area contributed by atoms with E-state index in [0.717, 1.165) is 43.0 Å². The van der Waals surface area contributed by atoms with E-state index in [0.29, 0.717) is 11.3 Å². The second-order valence-electron chi connectivity index (χ2n) is 7.19. The minimum absolute atomic E-state index is 0.0909. The van der Waals surface area contributed by atoms with Gasteiger partial charge in [-0.2, -0.15) is 0 Å². The monoisotopic (exact) mass is 397 g/mol. The minimum Gasteiger partial charge on any atom is -0.348 e. The van der Waals surface area contributed by atoms with Crippen molar-refractivity contribution in [2.75, 3.05) is 0 Å². The summed E-state index contributed by atoms with van der Waals surface area (Å²) in [6, 6.07) is 11.1. The van der Waals surface area contributed by atoms with Crippen molar-refractivity contribution in [2.45, 2.75) is 45.6 Å². The van der Waals surface area contributed by atoms with Gasteiger partial charge in [0.05, 0.1) is 12.5 Å². The van der Waals surface area contributed by atoms with Gasteiger partial charge >= 0.3 is 0 Å². The number of carbonyl (C=O) groups is 1. The van der Waals surface area contributed by atoms with Crippen molar-refractivity contribution in [3.05, 3.63) is 72.3 Å². The van der Waals surface area contributed by atoms with Gasteiger partial charge in [-0.05, 0) is 48.7 Å². The fourth-order valence-electron chi connectivity index (χ4n) is 3.23. The van der Waals surface area contributed by atoms with Gasteiger partial charge in [0.1, 0.15) is 5.69 Å². The van der Waals surface area contributed by atoms with Crippen molar-refractivity contribution in [3.8, 4) is 16.8 Å². The third-order valence-corrected chi connectivity index (χ3v) is 4.89. The smallest absolute Gasteiger partial charge is 0.270 e. The molecule has 0 spiro atoms. The van der Waals surface area contributed by atoms with Crippen LogP contribution >= 0.6 is 0 Å². The van der Waals surface area contributed by atoms with Gasteiger partial charge in [0.25, 0.3) is 5.91 Å². The maximum Gasteiger partial charge on any atom is 0.270 e. The summed E-state index contributed by atoms with van der Waals surface area (Å²) in [6.45, 7) is 4.16. The van der Waals surface area contributed by atoms with E-state index in [2.05, 4.69) is 17.2 Å². The molecule has 0 radical (unpaired) electrons. The number of carbonyl (C=O) groups excluding carboxylic acids is 1. The Labute approximate surface area is 169 Å². The molecule has 0 aliphatic heterocycles. The number of nitrogens with one attached hydrogen (secondary N) is 1. The van der Waals surface area contributed by atoms with Crippen LogP contribution in [0.15, 0.2) is 55.0 Å². The first-order valence-corrected chi connectivity index (χ1v) is 9.88. The number of rotatable bonds is 8. The van der Waals surface area contributed by atoms with Crippen LogP contribution in [-0.4, -0.2) is 21.5 Å². The molecule has 0 aliphatic rings. The van der Waals surface area contributed by atoms with Crippen LogP contribution in [0.4, 0.5) is 8.78 Å². The highest BCUT2D eigenvalue weighted by Gasteiger charge is 2.15. The number of aromatic nitrogens is 2. The van der Waals surface area contributed by atoms with Crippen LogP contribution in [-0.2, 0) is 0 Å². The van der Waals surface area contributed by atoms with E-state index in [4.69, 9.17) is 0 Å². The number of hydrogen-bond acceptors (Lipinski definition) is 2. The van der Waals surface area contributed by atoms with Gasteiger partial charge in [0, 0.05) is 11.7 Å². The molecular formula is C23H25F2N3O. The molecule has 0 bridgehead atoms. The van der Waals surface area contributed by atoms with Crippen molar-refractivity contribution in [1.29, 1.82) is 0 Å². The minimum atomic E-state index is -0.881. The fourth-order valence-corrected chi connectivity index (χ4v) is 3.23. The fraction of sp³-hybridized carbons (Fsp3) is 0.304. The molecule has 3 aromatic rings. The molecule has 29 heavy (non-hydrogen) atoms. The van der Waals surface area contributed by atoms with E-state index in [1.807, 2.05) is 19.1 Å². The number of amides is 1. The molecular weight excluding hydrogens is 372 g/mol. The third kappa shape index (κ3) is 5.08. The molecule has 6 heteroatoms. The summed E-state index contributed by atoms with van der Waals surface area (Å²) in [5.74, 6) is -1.92. The van der Waals surface area contributed by atoms with Crippen LogP contribution in [0, 0.1) is 11.6 Å². The first-order chi connectivity index (χ1) is 14.0. The Hall–Kier alpha value is -3.02. The highest BCUT2D eigenvalue weighted by molar-refractivity contribution is 5.93. The predicted octanol–water partition coefficient (Wildman–Crippen LogP) is 5.52. The van der Waals surface area contributed by atoms with Crippen LogP contribution < -0.4 is 5.32 Å². The van der Waals surface area contributed by atoms with E-state index < -0.39 is 11.6 Å². The second-order valence-corrected chi connectivity index (χ2v) is 7.19. The molecule has 4 nitrogen and oxygen atoms in total. The molecule has 0 aliphatic carbocycles. The molecule has 0 fully saturated rings. The summed E-state index contributed by atoms with van der Waals surface area (Å²) < 4.78 is 28.3. The number of hydrogen-bond donors (Lipinski definition) is 1. The molecule has 1 aromatic heterocycles. The summed E-state index contributed by atoms with van der Waals surface area (Å²) in [7, 11) is 0. The standard InChI is InChI=1S/C23H25F2N3O/c1-3-4-5-6-16(2)27-23(29)22-14-26-15-28(22)19-10-7-17(8-11-19)18-9-12-20(24)21(25)13-18/h7-16H,3-6H2,1-2H3,(H,27,29)/t16-/m1/s1. The predicted molar refractivity (Wildman–Crippen MR) is 110 cm³/mol. The van der Waals surface area contributed by atoms with E-state index >= 15 is 0 Å². The van der Waals surface area contributed by atoms with Gasteiger partial charge in [-0.15, -0.1) is 0 Å². The zero-order valence-electron chi connectivity index (χ0n) is 16.7. The Morgan fingerprint density at radius 1 is 1.07 bits per heavy atom. The lowest BCUT2D eigenvalue weighted by molar-refractivity contribution is 0.0931. The van der Waals surface area contributed by atoms with Crippen LogP contribution in [0.3, 0.4) is 0 Å². The van der Waals surface area contributed by atoms with E-state index in [9.17, 15) is 13.6 Å². The Kier molecular flexibility index (Phi) is 6.75. The SMILES string of the molecule is CCCCC[C@@H](C)NC(=O)c1cncn1-c1ccc(-c2ccc(F)c(F)c2)cc1. The van der Waals surface area contributed by atoms with Crippen molar-refractivity contribution < 1.29 is 13.6 Å². The zero-order valence-corrected chi connectivity index (χ0v) is 16.7. The van der Waals surface area contributed by atoms with Crippen LogP contribution in [0.1, 0.15) is 50.0 Å². The molecule has 1 heterocycles. The number of benzene rings is 2. The van der Waals surface area contributed by atoms with Gasteiger partial charge < -0.3 is 5.32 Å². The number of unbranched alkanes of at least 4 members (excludes halogenated alkanes) is 2. The molecule has 1 amide bonds. The van der Waals surface area contributed by atoms with Crippen molar-refractivity contribution in [3.63, 3.8) is 0 Å². The lowest BCUT2D eigenvalue weighted by atomic mass is 10.1. The van der Waals surface area contributed by atoms with Crippen molar-refractivity contribution >= 4 is 5.91 Å². The Morgan fingerprint density at radius 2 is 1.79 bits per heavy atom. The quantitative estimate of drug-likeness (QED) is 0.509. The van der Waals surface area contributed by atoms with Crippen molar-refractivity contribution in [1.82, 2.24) is 14.9 Å². The Balaban J connectivity index is 1.74. The number of halogens is 2. The summed E-state index contributed by atoms with van der Waals surface area (Å²) >= 11 is 0. The van der Waals surface area contributed by atoms with Gasteiger partial charge in [-0.25, -0.2) is 13.8 Å². The highest BCUT2D eigenvalue weighted by Crippen LogP contribution is 2.23. The van der Waals surface area contributed by atoms with Crippen LogP contribution in [0.5, 0.6) is 0 Å². The summed E-state index contributed by atoms with van der Waals surface area (Å²) in [4.78, 5) is 16.8. The maximum absolute atomic E-state index is 13.5. The number of imidazole rings is 1. The highest BCUT2D eigenvalue weighted by atomic mass is 19.2. The lowest BCUT2D eigenvalue weighted by Crippen LogP contribution is -2.33. The van der Waals surface area contributed by atoms with Gasteiger partial charge in [0.2, 0.25) is 0 Å². The van der Waals surface area contributed by atoms with E-state index in [-0.39, 0.29) is 11.9 Å².